The molecule has 0 aliphatic carbocycles. The number of hydrogen-bond donors (Lipinski definition) is 0. The molecule has 0 unspecified atom stereocenters. The summed E-state index contributed by atoms with van der Waals surface area (Å²) in [5.74, 6) is 0.749. The monoisotopic (exact) mass is 179 g/mol. The molecule has 13 heavy (non-hydrogen) atoms. The van der Waals surface area contributed by atoms with Gasteiger partial charge in [0.2, 0.25) is 0 Å². The molecule has 0 heterocycles. The van der Waals surface area contributed by atoms with Crippen LogP contribution in [0.2, 0.25) is 0 Å². The molecule has 0 fully saturated rings. The highest BCUT2D eigenvalue weighted by Gasteiger charge is 1.99. The molecule has 0 radical (unpaired) electrons. The fourth-order valence-electron chi connectivity index (χ4n) is 0.902. The highest BCUT2D eigenvalue weighted by atomic mass is 15.1. The lowest BCUT2D eigenvalue weighted by atomic mass is 10.1. The summed E-state index contributed by atoms with van der Waals surface area (Å²) in [6.07, 6.45) is 6.86. The van der Waals surface area contributed by atoms with Gasteiger partial charge in [0.15, 0.2) is 0 Å². The van der Waals surface area contributed by atoms with E-state index in [2.05, 4.69) is 39.0 Å². The predicted octanol–water partition coefficient (Wildman–Crippen LogP) is 3.22. The normalized spacial score (nSPS) is 10.8. The smallest absolute Gasteiger partial charge is 0.0290 e. The van der Waals surface area contributed by atoms with Crippen LogP contribution in [-0.4, -0.2) is 18.5 Å². The van der Waals surface area contributed by atoms with E-state index in [0.29, 0.717) is 0 Å². The van der Waals surface area contributed by atoms with Gasteiger partial charge >= 0.3 is 0 Å². The Morgan fingerprint density at radius 3 is 2.54 bits per heavy atom. The maximum atomic E-state index is 3.96. The van der Waals surface area contributed by atoms with Crippen LogP contribution in [0.5, 0.6) is 0 Å². The fourth-order valence-corrected chi connectivity index (χ4v) is 0.902. The maximum absolute atomic E-state index is 3.96. The molecule has 0 N–H and O–H groups in total. The summed E-state index contributed by atoms with van der Waals surface area (Å²) in [5.41, 5.74) is 1.04. The first-order chi connectivity index (χ1) is 6.07. The Hall–Kier alpha value is -0.980. The topological polar surface area (TPSA) is 3.24 Å². The Kier molecular flexibility index (Phi) is 6.03. The van der Waals surface area contributed by atoms with Crippen molar-refractivity contribution in [3.05, 3.63) is 37.1 Å². The summed E-state index contributed by atoms with van der Waals surface area (Å²) >= 11 is 0. The predicted molar refractivity (Wildman–Crippen MR) is 60.6 cm³/mol. The minimum absolute atomic E-state index is 0.749. The van der Waals surface area contributed by atoms with Crippen LogP contribution in [0.15, 0.2) is 37.1 Å². The highest BCUT2D eigenvalue weighted by Crippen LogP contribution is 2.05. The molecule has 0 aliphatic heterocycles. The third kappa shape index (κ3) is 6.21. The van der Waals surface area contributed by atoms with E-state index in [4.69, 9.17) is 0 Å². The maximum Gasteiger partial charge on any atom is 0.0290 e. The zero-order chi connectivity index (χ0) is 10.3. The summed E-state index contributed by atoms with van der Waals surface area (Å²) in [5, 5.41) is 0. The van der Waals surface area contributed by atoms with E-state index >= 15 is 0 Å². The van der Waals surface area contributed by atoms with Gasteiger partial charge in [0, 0.05) is 19.3 Å². The van der Waals surface area contributed by atoms with E-state index in [-0.39, 0.29) is 0 Å². The van der Waals surface area contributed by atoms with Gasteiger partial charge < -0.3 is 4.90 Å². The lowest BCUT2D eigenvalue weighted by Crippen LogP contribution is -2.18. The Bertz CT molecular complexity index is 189. The van der Waals surface area contributed by atoms with E-state index in [9.17, 15) is 0 Å². The standard InChI is InChI=1S/C12H21N/c1-6-7-8-12(4)13(5)10-9-11(2)3/h6-8,11H,1,4,9-10H2,2-3,5H3/b8-7-. The van der Waals surface area contributed by atoms with Crippen molar-refractivity contribution in [2.24, 2.45) is 5.92 Å². The lowest BCUT2D eigenvalue weighted by Gasteiger charge is -2.20. The second-order valence-electron chi connectivity index (χ2n) is 3.69. The van der Waals surface area contributed by atoms with Gasteiger partial charge in [-0.25, -0.2) is 0 Å². The van der Waals surface area contributed by atoms with Crippen LogP contribution in [0.25, 0.3) is 0 Å². The minimum Gasteiger partial charge on any atom is -0.375 e. The van der Waals surface area contributed by atoms with Crippen LogP contribution in [0.1, 0.15) is 20.3 Å². The zero-order valence-corrected chi connectivity index (χ0v) is 9.09. The van der Waals surface area contributed by atoms with Gasteiger partial charge in [0.25, 0.3) is 0 Å². The molecule has 0 saturated carbocycles. The number of hydrogen-bond acceptors (Lipinski definition) is 1. The van der Waals surface area contributed by atoms with Gasteiger partial charge in [-0.2, -0.15) is 0 Å². The molecular formula is C12H21N. The van der Waals surface area contributed by atoms with Gasteiger partial charge in [-0.05, 0) is 18.4 Å². The zero-order valence-electron chi connectivity index (χ0n) is 9.09. The molecule has 0 bridgehead atoms. The van der Waals surface area contributed by atoms with E-state index in [1.807, 2.05) is 12.2 Å². The molecule has 0 atom stereocenters. The average Bonchev–Trinajstić information content (AvgIpc) is 2.10. The van der Waals surface area contributed by atoms with Gasteiger partial charge in [-0.15, -0.1) is 0 Å². The molecule has 1 nitrogen and oxygen atoms in total. The van der Waals surface area contributed by atoms with Crippen molar-refractivity contribution >= 4 is 0 Å². The molecule has 0 saturated heterocycles. The van der Waals surface area contributed by atoms with Crippen LogP contribution in [0.3, 0.4) is 0 Å². The van der Waals surface area contributed by atoms with Gasteiger partial charge in [0.05, 0.1) is 0 Å². The largest absolute Gasteiger partial charge is 0.375 e. The molecule has 0 aromatic heterocycles. The van der Waals surface area contributed by atoms with Crippen molar-refractivity contribution in [1.82, 2.24) is 4.90 Å². The summed E-state index contributed by atoms with van der Waals surface area (Å²) in [6, 6.07) is 0. The average molecular weight is 179 g/mol. The molecular weight excluding hydrogens is 158 g/mol. The van der Waals surface area contributed by atoms with Crippen LogP contribution in [0.4, 0.5) is 0 Å². The minimum atomic E-state index is 0.749. The lowest BCUT2D eigenvalue weighted by molar-refractivity contribution is 0.387. The van der Waals surface area contributed by atoms with E-state index in [1.54, 1.807) is 6.08 Å². The summed E-state index contributed by atoms with van der Waals surface area (Å²) < 4.78 is 0. The van der Waals surface area contributed by atoms with Crippen molar-refractivity contribution in [2.45, 2.75) is 20.3 Å². The van der Waals surface area contributed by atoms with Gasteiger partial charge in [-0.3, -0.25) is 0 Å². The molecule has 0 aliphatic rings. The Labute approximate surface area is 82.4 Å². The Balaban J connectivity index is 3.82. The summed E-state index contributed by atoms with van der Waals surface area (Å²) in [4.78, 5) is 2.17. The summed E-state index contributed by atoms with van der Waals surface area (Å²) in [7, 11) is 2.07. The van der Waals surface area contributed by atoms with E-state index in [0.717, 1.165) is 18.2 Å². The van der Waals surface area contributed by atoms with Gasteiger partial charge in [0.1, 0.15) is 0 Å². The Morgan fingerprint density at radius 2 is 2.08 bits per heavy atom. The van der Waals surface area contributed by atoms with E-state index < -0.39 is 0 Å². The molecule has 74 valence electrons. The van der Waals surface area contributed by atoms with Crippen LogP contribution in [0, 0.1) is 5.92 Å². The van der Waals surface area contributed by atoms with Crippen molar-refractivity contribution in [3.63, 3.8) is 0 Å². The number of likely N-dealkylation sites (N-methyl/N-ethyl adjacent to an activating group) is 1. The van der Waals surface area contributed by atoms with E-state index in [1.165, 1.54) is 6.42 Å². The molecule has 0 rings (SSSR count). The quantitative estimate of drug-likeness (QED) is 0.566. The molecule has 0 spiro atoms. The van der Waals surface area contributed by atoms with Crippen molar-refractivity contribution < 1.29 is 0 Å². The number of nitrogens with zero attached hydrogens (tertiary/aromatic N) is 1. The van der Waals surface area contributed by atoms with Gasteiger partial charge in [-0.1, -0.05) is 39.2 Å². The first-order valence-corrected chi connectivity index (χ1v) is 4.77. The highest BCUT2D eigenvalue weighted by molar-refractivity contribution is 5.16. The fraction of sp³-hybridized carbons (Fsp3) is 0.500. The molecule has 0 aromatic carbocycles. The first-order valence-electron chi connectivity index (χ1n) is 4.77. The van der Waals surface area contributed by atoms with Crippen molar-refractivity contribution in [3.8, 4) is 0 Å². The number of allylic oxidation sites excluding steroid dienone is 3. The Morgan fingerprint density at radius 1 is 1.46 bits per heavy atom. The van der Waals surface area contributed by atoms with Crippen LogP contribution < -0.4 is 0 Å². The SMILES string of the molecule is C=C/C=C\C(=C)N(C)CCC(C)C. The summed E-state index contributed by atoms with van der Waals surface area (Å²) in [6.45, 7) is 13.1. The molecule has 0 aromatic rings. The number of rotatable bonds is 6. The van der Waals surface area contributed by atoms with Crippen molar-refractivity contribution in [1.29, 1.82) is 0 Å². The second kappa shape index (κ2) is 6.53. The van der Waals surface area contributed by atoms with Crippen LogP contribution in [-0.2, 0) is 0 Å². The third-order valence-corrected chi connectivity index (χ3v) is 1.96. The van der Waals surface area contributed by atoms with Crippen molar-refractivity contribution in [2.75, 3.05) is 13.6 Å². The first kappa shape index (κ1) is 12.0. The second-order valence-corrected chi connectivity index (χ2v) is 3.69. The third-order valence-electron chi connectivity index (χ3n) is 1.96. The molecule has 0 amide bonds. The van der Waals surface area contributed by atoms with Crippen LogP contribution >= 0.6 is 0 Å². The molecule has 1 heteroatoms.